The first-order chi connectivity index (χ1) is 11.6. The van der Waals surface area contributed by atoms with E-state index in [1.165, 1.54) is 6.92 Å². The predicted molar refractivity (Wildman–Crippen MR) is 95.8 cm³/mol. The third-order valence-electron chi connectivity index (χ3n) is 3.14. The number of carbonyl (C=O) groups excluding carboxylic acids is 1. The normalized spacial score (nSPS) is 10.3. The molecule has 3 N–H and O–H groups in total. The van der Waals surface area contributed by atoms with Gasteiger partial charge in [-0.1, -0.05) is 0 Å². The summed E-state index contributed by atoms with van der Waals surface area (Å²) in [5.41, 5.74) is 2.51. The molecule has 1 aromatic heterocycles. The van der Waals surface area contributed by atoms with Crippen LogP contribution in [0.15, 0.2) is 30.3 Å². The second-order valence-electron chi connectivity index (χ2n) is 5.37. The van der Waals surface area contributed by atoms with Crippen LogP contribution in [-0.2, 0) is 9.53 Å². The Bertz CT molecular complexity index is 673. The Morgan fingerprint density at radius 1 is 1.17 bits per heavy atom. The molecule has 24 heavy (non-hydrogen) atoms. The Balaban J connectivity index is 2.00. The molecular weight excluding hydrogens is 306 g/mol. The van der Waals surface area contributed by atoms with Gasteiger partial charge in [-0.25, -0.2) is 4.98 Å². The Morgan fingerprint density at radius 2 is 1.88 bits per heavy atom. The Kier molecular flexibility index (Phi) is 6.51. The van der Waals surface area contributed by atoms with Crippen LogP contribution in [-0.4, -0.2) is 36.1 Å². The zero-order chi connectivity index (χ0) is 17.4. The van der Waals surface area contributed by atoms with Crippen LogP contribution in [0.5, 0.6) is 0 Å². The van der Waals surface area contributed by atoms with Crippen molar-refractivity contribution in [2.24, 2.45) is 0 Å². The molecule has 0 saturated heterocycles. The van der Waals surface area contributed by atoms with Crippen LogP contribution in [0.1, 0.15) is 19.0 Å². The van der Waals surface area contributed by atoms with Crippen molar-refractivity contribution in [3.05, 3.63) is 36.0 Å². The average Bonchev–Trinajstić information content (AvgIpc) is 2.52. The lowest BCUT2D eigenvalue weighted by Gasteiger charge is -2.10. The molecule has 0 aliphatic rings. The number of methoxy groups -OCH3 is 1. The number of amides is 1. The molecule has 1 heterocycles. The van der Waals surface area contributed by atoms with Gasteiger partial charge in [-0.2, -0.15) is 4.98 Å². The quantitative estimate of drug-likeness (QED) is 0.645. The average molecular weight is 329 g/mol. The number of carbonyl (C=O) groups is 1. The van der Waals surface area contributed by atoms with Crippen molar-refractivity contribution in [1.29, 1.82) is 0 Å². The van der Waals surface area contributed by atoms with Crippen LogP contribution < -0.4 is 16.0 Å². The molecule has 0 aliphatic heterocycles. The second kappa shape index (κ2) is 8.83. The Hall–Kier alpha value is -2.67. The number of hydrogen-bond acceptors (Lipinski definition) is 6. The molecule has 0 spiro atoms. The van der Waals surface area contributed by atoms with Gasteiger partial charge in [0.15, 0.2) is 0 Å². The van der Waals surface area contributed by atoms with Crippen LogP contribution in [0.2, 0.25) is 0 Å². The van der Waals surface area contributed by atoms with Gasteiger partial charge in [0.05, 0.1) is 0 Å². The van der Waals surface area contributed by atoms with Crippen LogP contribution in [0, 0.1) is 6.92 Å². The van der Waals surface area contributed by atoms with Crippen molar-refractivity contribution < 1.29 is 9.53 Å². The van der Waals surface area contributed by atoms with Gasteiger partial charge in [-0.05, 0) is 37.6 Å². The summed E-state index contributed by atoms with van der Waals surface area (Å²) < 4.78 is 5.02. The summed E-state index contributed by atoms with van der Waals surface area (Å²) in [5.74, 6) is 1.21. The highest BCUT2D eigenvalue weighted by Crippen LogP contribution is 2.19. The van der Waals surface area contributed by atoms with Crippen LogP contribution in [0.3, 0.4) is 0 Å². The monoisotopic (exact) mass is 329 g/mol. The zero-order valence-corrected chi connectivity index (χ0v) is 14.2. The summed E-state index contributed by atoms with van der Waals surface area (Å²) in [7, 11) is 1.68. The summed E-state index contributed by atoms with van der Waals surface area (Å²) >= 11 is 0. The van der Waals surface area contributed by atoms with Gasteiger partial charge >= 0.3 is 0 Å². The van der Waals surface area contributed by atoms with Crippen molar-refractivity contribution in [2.75, 3.05) is 36.2 Å². The molecular formula is C17H23N5O2. The Morgan fingerprint density at radius 3 is 2.54 bits per heavy atom. The molecule has 0 fully saturated rings. The first kappa shape index (κ1) is 17.7. The van der Waals surface area contributed by atoms with Gasteiger partial charge < -0.3 is 20.7 Å². The van der Waals surface area contributed by atoms with Gasteiger partial charge in [-0.15, -0.1) is 0 Å². The molecule has 2 aromatic rings. The van der Waals surface area contributed by atoms with E-state index in [1.54, 1.807) is 7.11 Å². The number of ether oxygens (including phenoxy) is 1. The lowest BCUT2D eigenvalue weighted by Crippen LogP contribution is -2.09. The minimum absolute atomic E-state index is 0.0914. The minimum Gasteiger partial charge on any atom is -0.385 e. The molecule has 1 amide bonds. The van der Waals surface area contributed by atoms with Gasteiger partial charge in [0.1, 0.15) is 5.82 Å². The number of aromatic nitrogens is 2. The zero-order valence-electron chi connectivity index (χ0n) is 14.2. The Labute approximate surface area is 141 Å². The molecule has 1 aromatic carbocycles. The first-order valence-corrected chi connectivity index (χ1v) is 7.80. The molecule has 0 saturated carbocycles. The number of nitrogens with one attached hydrogen (secondary N) is 3. The molecule has 0 aliphatic carbocycles. The van der Waals surface area contributed by atoms with Crippen LogP contribution in [0.25, 0.3) is 0 Å². The van der Waals surface area contributed by atoms with Gasteiger partial charge in [-0.3, -0.25) is 4.79 Å². The van der Waals surface area contributed by atoms with E-state index in [4.69, 9.17) is 4.74 Å². The lowest BCUT2D eigenvalue weighted by molar-refractivity contribution is -0.114. The van der Waals surface area contributed by atoms with Crippen LogP contribution in [0.4, 0.5) is 23.1 Å². The minimum atomic E-state index is -0.0914. The van der Waals surface area contributed by atoms with Crippen molar-refractivity contribution in [1.82, 2.24) is 9.97 Å². The highest BCUT2D eigenvalue weighted by atomic mass is 16.5. The maximum absolute atomic E-state index is 11.0. The number of anilines is 4. The number of nitrogens with zero attached hydrogens (tertiary/aromatic N) is 2. The van der Waals surface area contributed by atoms with Crippen molar-refractivity contribution >= 4 is 29.0 Å². The van der Waals surface area contributed by atoms with E-state index >= 15 is 0 Å². The van der Waals surface area contributed by atoms with Crippen molar-refractivity contribution in [3.63, 3.8) is 0 Å². The van der Waals surface area contributed by atoms with E-state index in [0.717, 1.165) is 30.0 Å². The highest BCUT2D eigenvalue weighted by molar-refractivity contribution is 5.88. The second-order valence-corrected chi connectivity index (χ2v) is 5.37. The largest absolute Gasteiger partial charge is 0.385 e. The summed E-state index contributed by atoms with van der Waals surface area (Å²) in [6.45, 7) is 4.86. The molecule has 7 nitrogen and oxygen atoms in total. The fourth-order valence-electron chi connectivity index (χ4n) is 2.12. The maximum Gasteiger partial charge on any atom is 0.224 e. The van der Waals surface area contributed by atoms with E-state index in [-0.39, 0.29) is 5.91 Å². The molecule has 0 atom stereocenters. The van der Waals surface area contributed by atoms with Gasteiger partial charge in [0, 0.05) is 50.3 Å². The van der Waals surface area contributed by atoms with E-state index in [9.17, 15) is 4.79 Å². The molecule has 0 bridgehead atoms. The smallest absolute Gasteiger partial charge is 0.224 e. The first-order valence-electron chi connectivity index (χ1n) is 7.80. The summed E-state index contributed by atoms with van der Waals surface area (Å²) in [6, 6.07) is 9.31. The molecule has 7 heteroatoms. The van der Waals surface area contributed by atoms with Crippen molar-refractivity contribution in [2.45, 2.75) is 20.3 Å². The van der Waals surface area contributed by atoms with Gasteiger partial charge in [0.2, 0.25) is 11.9 Å². The molecule has 0 radical (unpaired) electrons. The van der Waals surface area contributed by atoms with Crippen LogP contribution >= 0.6 is 0 Å². The third kappa shape index (κ3) is 5.85. The number of hydrogen-bond donors (Lipinski definition) is 3. The number of aryl methyl sites for hydroxylation is 1. The van der Waals surface area contributed by atoms with E-state index < -0.39 is 0 Å². The highest BCUT2D eigenvalue weighted by Gasteiger charge is 2.03. The fraction of sp³-hybridized carbons (Fsp3) is 0.353. The van der Waals surface area contributed by atoms with Gasteiger partial charge in [0.25, 0.3) is 0 Å². The van der Waals surface area contributed by atoms with Crippen molar-refractivity contribution in [3.8, 4) is 0 Å². The predicted octanol–water partition coefficient (Wildman–Crippen LogP) is 2.94. The lowest BCUT2D eigenvalue weighted by atomic mass is 10.2. The number of benzene rings is 1. The maximum atomic E-state index is 11.0. The standard InChI is InChI=1S/C17H23N5O2/c1-12-11-16(22-17(19-12)18-9-4-10-24-3)21-15-7-5-14(6-8-15)20-13(2)23/h5-8,11H,4,9-10H2,1-3H3,(H,20,23)(H2,18,19,21,22). The topological polar surface area (TPSA) is 88.2 Å². The molecule has 2 rings (SSSR count). The summed E-state index contributed by atoms with van der Waals surface area (Å²) in [6.07, 6.45) is 0.890. The molecule has 0 unspecified atom stereocenters. The summed E-state index contributed by atoms with van der Waals surface area (Å²) in [5, 5.41) is 9.16. The third-order valence-corrected chi connectivity index (χ3v) is 3.14. The SMILES string of the molecule is COCCCNc1nc(C)cc(Nc2ccc(NC(C)=O)cc2)n1. The fourth-order valence-corrected chi connectivity index (χ4v) is 2.12. The van der Waals surface area contributed by atoms with E-state index in [1.807, 2.05) is 37.3 Å². The molecule has 128 valence electrons. The van der Waals surface area contributed by atoms with E-state index in [0.29, 0.717) is 18.4 Å². The number of rotatable bonds is 8. The summed E-state index contributed by atoms with van der Waals surface area (Å²) in [4.78, 5) is 19.9. The van der Waals surface area contributed by atoms with E-state index in [2.05, 4.69) is 25.9 Å².